The van der Waals surface area contributed by atoms with Gasteiger partial charge in [-0.15, -0.1) is 0 Å². The lowest BCUT2D eigenvalue weighted by molar-refractivity contribution is -0.134. The lowest BCUT2D eigenvalue weighted by Gasteiger charge is -2.25. The van der Waals surface area contributed by atoms with Crippen LogP contribution in [-0.2, 0) is 19.6 Å². The summed E-state index contributed by atoms with van der Waals surface area (Å²) in [5.41, 5.74) is 0.464. The van der Waals surface area contributed by atoms with E-state index in [4.69, 9.17) is 11.6 Å². The maximum Gasteiger partial charge on any atom is 0.244 e. The van der Waals surface area contributed by atoms with E-state index in [2.05, 4.69) is 5.32 Å². The monoisotopic (exact) mass is 302 g/mol. The Bertz CT molecular complexity index is 641. The molecule has 8 heteroatoms. The van der Waals surface area contributed by atoms with E-state index in [0.717, 1.165) is 4.31 Å². The maximum absolute atomic E-state index is 12.4. The smallest absolute Gasteiger partial charge is 0.244 e. The summed E-state index contributed by atoms with van der Waals surface area (Å²) in [6, 6.07) is 4.33. The van der Waals surface area contributed by atoms with Crippen molar-refractivity contribution >= 4 is 33.4 Å². The molecule has 1 aliphatic heterocycles. The van der Waals surface area contributed by atoms with Crippen LogP contribution in [0.1, 0.15) is 5.56 Å². The maximum atomic E-state index is 12.4. The summed E-state index contributed by atoms with van der Waals surface area (Å²) in [6.45, 7) is 0.872. The molecule has 1 aromatic rings. The highest BCUT2D eigenvalue weighted by Crippen LogP contribution is 2.23. The van der Waals surface area contributed by atoms with E-state index < -0.39 is 21.8 Å². The molecule has 19 heavy (non-hydrogen) atoms. The van der Waals surface area contributed by atoms with E-state index in [0.29, 0.717) is 10.6 Å². The number of carbonyl (C=O) groups is 2. The van der Waals surface area contributed by atoms with E-state index in [1.54, 1.807) is 6.92 Å². The molecule has 1 N–H and O–H groups in total. The lowest BCUT2D eigenvalue weighted by Crippen LogP contribution is -2.53. The van der Waals surface area contributed by atoms with Gasteiger partial charge < -0.3 is 0 Å². The summed E-state index contributed by atoms with van der Waals surface area (Å²) in [5, 5.41) is 2.47. The third-order valence-corrected chi connectivity index (χ3v) is 4.86. The van der Waals surface area contributed by atoms with Gasteiger partial charge in [-0.05, 0) is 30.7 Å². The highest BCUT2D eigenvalue weighted by molar-refractivity contribution is 7.89. The van der Waals surface area contributed by atoms with E-state index in [1.165, 1.54) is 18.2 Å². The molecule has 1 aromatic carbocycles. The van der Waals surface area contributed by atoms with Crippen LogP contribution in [-0.4, -0.2) is 37.6 Å². The first-order valence-corrected chi connectivity index (χ1v) is 7.21. The number of aryl methyl sites for hydroxylation is 1. The number of rotatable bonds is 2. The molecule has 0 unspecified atom stereocenters. The Morgan fingerprint density at radius 2 is 1.79 bits per heavy atom. The fourth-order valence-electron chi connectivity index (χ4n) is 1.82. The van der Waals surface area contributed by atoms with Crippen molar-refractivity contribution in [3.05, 3.63) is 28.8 Å². The van der Waals surface area contributed by atoms with Crippen molar-refractivity contribution in [1.82, 2.24) is 9.62 Å². The minimum Gasteiger partial charge on any atom is -0.294 e. The van der Waals surface area contributed by atoms with Crippen LogP contribution >= 0.6 is 11.6 Å². The van der Waals surface area contributed by atoms with Gasteiger partial charge in [0.25, 0.3) is 0 Å². The standard InChI is InChI=1S/C11H11ClN2O4S/c1-7-4-8(12)2-3-9(7)19(17,18)14-5-10(15)13-11(16)6-14/h2-4H,5-6H2,1H3,(H,13,15,16). The van der Waals surface area contributed by atoms with Crippen LogP contribution in [0.15, 0.2) is 23.1 Å². The number of imide groups is 1. The highest BCUT2D eigenvalue weighted by Gasteiger charge is 2.33. The molecule has 0 radical (unpaired) electrons. The molecule has 2 rings (SSSR count). The molecule has 0 aliphatic carbocycles. The summed E-state index contributed by atoms with van der Waals surface area (Å²) in [5.74, 6) is -1.27. The van der Waals surface area contributed by atoms with Gasteiger partial charge in [0.1, 0.15) is 0 Å². The molecule has 6 nitrogen and oxygen atoms in total. The van der Waals surface area contributed by atoms with Gasteiger partial charge in [0.05, 0.1) is 18.0 Å². The minimum atomic E-state index is -3.88. The topological polar surface area (TPSA) is 83.6 Å². The van der Waals surface area contributed by atoms with Crippen molar-refractivity contribution in [3.8, 4) is 0 Å². The first-order valence-electron chi connectivity index (χ1n) is 5.39. The number of sulfonamides is 1. The third kappa shape index (κ3) is 2.78. The van der Waals surface area contributed by atoms with Gasteiger partial charge in [-0.2, -0.15) is 4.31 Å². The van der Waals surface area contributed by atoms with Gasteiger partial charge in [-0.1, -0.05) is 11.6 Å². The van der Waals surface area contributed by atoms with Gasteiger partial charge in [0, 0.05) is 5.02 Å². The number of amides is 2. The van der Waals surface area contributed by atoms with E-state index in [-0.39, 0.29) is 18.0 Å². The van der Waals surface area contributed by atoms with Gasteiger partial charge in [0.2, 0.25) is 21.8 Å². The Balaban J connectivity index is 2.42. The predicted molar refractivity (Wildman–Crippen MR) is 68.1 cm³/mol. The van der Waals surface area contributed by atoms with E-state index in [1.807, 2.05) is 0 Å². The Labute approximate surface area is 115 Å². The molecule has 1 heterocycles. The molecule has 2 amide bonds. The summed E-state index contributed by atoms with van der Waals surface area (Å²) in [7, 11) is -3.88. The predicted octanol–water partition coefficient (Wildman–Crippen LogP) is 0.296. The van der Waals surface area contributed by atoms with Crippen molar-refractivity contribution < 1.29 is 18.0 Å². The van der Waals surface area contributed by atoms with Crippen molar-refractivity contribution in [2.75, 3.05) is 13.1 Å². The summed E-state index contributed by atoms with van der Waals surface area (Å²) in [6.07, 6.45) is 0. The molecule has 102 valence electrons. The molecular weight excluding hydrogens is 292 g/mol. The van der Waals surface area contributed by atoms with Crippen LogP contribution < -0.4 is 5.32 Å². The molecule has 0 bridgehead atoms. The second kappa shape index (κ2) is 4.92. The Morgan fingerprint density at radius 1 is 1.21 bits per heavy atom. The Hall–Kier alpha value is -1.44. The van der Waals surface area contributed by atoms with Crippen molar-refractivity contribution in [2.24, 2.45) is 0 Å². The van der Waals surface area contributed by atoms with Crippen LogP contribution in [0.2, 0.25) is 5.02 Å². The van der Waals surface area contributed by atoms with E-state index >= 15 is 0 Å². The minimum absolute atomic E-state index is 0.0411. The number of piperazine rings is 1. The molecule has 1 fully saturated rings. The average molecular weight is 303 g/mol. The average Bonchev–Trinajstić information content (AvgIpc) is 2.26. The first kappa shape index (κ1) is 14.0. The number of nitrogens with zero attached hydrogens (tertiary/aromatic N) is 1. The zero-order valence-electron chi connectivity index (χ0n) is 10.0. The summed E-state index contributed by atoms with van der Waals surface area (Å²) >= 11 is 5.77. The Morgan fingerprint density at radius 3 is 2.32 bits per heavy atom. The highest BCUT2D eigenvalue weighted by atomic mass is 35.5. The zero-order chi connectivity index (χ0) is 14.2. The SMILES string of the molecule is Cc1cc(Cl)ccc1S(=O)(=O)N1CC(=O)NC(=O)C1. The van der Waals surface area contributed by atoms with Crippen molar-refractivity contribution in [1.29, 1.82) is 0 Å². The van der Waals surface area contributed by atoms with Crippen LogP contribution in [0.4, 0.5) is 0 Å². The quantitative estimate of drug-likeness (QED) is 0.796. The number of hydrogen-bond acceptors (Lipinski definition) is 4. The van der Waals surface area contributed by atoms with Crippen LogP contribution in [0.3, 0.4) is 0 Å². The van der Waals surface area contributed by atoms with E-state index in [9.17, 15) is 18.0 Å². The van der Waals surface area contributed by atoms with Gasteiger partial charge in [0.15, 0.2) is 0 Å². The molecule has 0 aromatic heterocycles. The molecule has 1 aliphatic rings. The fourth-order valence-corrected chi connectivity index (χ4v) is 3.61. The van der Waals surface area contributed by atoms with Crippen LogP contribution in [0.5, 0.6) is 0 Å². The second-order valence-corrected chi connectivity index (χ2v) is 6.50. The zero-order valence-corrected chi connectivity index (χ0v) is 11.6. The summed E-state index contributed by atoms with van der Waals surface area (Å²) in [4.78, 5) is 22.5. The number of nitrogens with one attached hydrogen (secondary N) is 1. The molecule has 1 saturated heterocycles. The van der Waals surface area contributed by atoms with Gasteiger partial charge >= 0.3 is 0 Å². The van der Waals surface area contributed by atoms with Crippen molar-refractivity contribution in [3.63, 3.8) is 0 Å². The number of benzene rings is 1. The van der Waals surface area contributed by atoms with Crippen LogP contribution in [0.25, 0.3) is 0 Å². The normalized spacial score (nSPS) is 17.4. The molecule has 0 saturated carbocycles. The summed E-state index contributed by atoms with van der Waals surface area (Å²) < 4.78 is 25.6. The molecular formula is C11H11ClN2O4S. The Kier molecular flexibility index (Phi) is 3.62. The second-order valence-electron chi connectivity index (χ2n) is 4.15. The number of hydrogen-bond donors (Lipinski definition) is 1. The third-order valence-electron chi connectivity index (χ3n) is 2.67. The largest absolute Gasteiger partial charge is 0.294 e. The first-order chi connectivity index (χ1) is 8.80. The van der Waals surface area contributed by atoms with Gasteiger partial charge in [-0.3, -0.25) is 14.9 Å². The van der Waals surface area contributed by atoms with Crippen molar-refractivity contribution in [2.45, 2.75) is 11.8 Å². The number of carbonyl (C=O) groups excluding carboxylic acids is 2. The van der Waals surface area contributed by atoms with Crippen LogP contribution in [0, 0.1) is 6.92 Å². The fraction of sp³-hybridized carbons (Fsp3) is 0.273. The lowest BCUT2D eigenvalue weighted by atomic mass is 10.2. The van der Waals surface area contributed by atoms with Gasteiger partial charge in [-0.25, -0.2) is 8.42 Å². The number of halogens is 1. The molecule has 0 atom stereocenters. The molecule has 0 spiro atoms.